The molecule has 0 saturated heterocycles. The maximum absolute atomic E-state index is 12.2. The number of nitrogens with one attached hydrogen (secondary N) is 2. The number of aromatic amines is 2. The third-order valence-electron chi connectivity index (χ3n) is 3.49. The minimum atomic E-state index is -2.71. The predicted octanol–water partition coefficient (Wildman–Crippen LogP) is 4.50. The van der Waals surface area contributed by atoms with E-state index in [-0.39, 0.29) is 0 Å². The third-order valence-corrected chi connectivity index (χ3v) is 4.26. The third kappa shape index (κ3) is 2.26. The van der Waals surface area contributed by atoms with Crippen LogP contribution in [0.2, 0.25) is 0 Å². The van der Waals surface area contributed by atoms with Crippen LogP contribution in [-0.4, -0.2) is 9.97 Å². The Hall–Kier alpha value is -2.65. The Morgan fingerprint density at radius 2 is 1.18 bits per heavy atom. The molecule has 0 aliphatic carbocycles. The van der Waals surface area contributed by atoms with E-state index in [1.54, 1.807) is 12.4 Å². The molecule has 0 fully saturated rings. The minimum absolute atomic E-state index is 0.527. The number of aromatic nitrogens is 2. The highest BCUT2D eigenvalue weighted by atomic mass is 31.1. The SMILES string of the molecule is O=[PH](Oc1c[nH]c2ccccc12)Oc1c[nH]c2ccccc12. The lowest BCUT2D eigenvalue weighted by Crippen LogP contribution is -1.87. The van der Waals surface area contributed by atoms with Crippen LogP contribution in [0.5, 0.6) is 11.5 Å². The fourth-order valence-electron chi connectivity index (χ4n) is 2.46. The van der Waals surface area contributed by atoms with E-state index in [1.807, 2.05) is 48.5 Å². The lowest BCUT2D eigenvalue weighted by Gasteiger charge is -2.06. The average Bonchev–Trinajstić information content (AvgIpc) is 3.13. The van der Waals surface area contributed by atoms with Gasteiger partial charge in [0.05, 0.1) is 0 Å². The quantitative estimate of drug-likeness (QED) is 0.545. The first-order valence-electron chi connectivity index (χ1n) is 6.83. The van der Waals surface area contributed by atoms with E-state index in [0.717, 1.165) is 21.8 Å². The number of benzene rings is 2. The number of H-pyrrole nitrogens is 2. The van der Waals surface area contributed by atoms with Crippen LogP contribution in [-0.2, 0) is 4.57 Å². The Kier molecular flexibility index (Phi) is 3.13. The monoisotopic (exact) mass is 312 g/mol. The molecule has 0 amide bonds. The largest absolute Gasteiger partial charge is 0.419 e. The number of hydrogen-bond donors (Lipinski definition) is 2. The van der Waals surface area contributed by atoms with E-state index < -0.39 is 8.25 Å². The van der Waals surface area contributed by atoms with Gasteiger partial charge in [-0.05, 0) is 24.3 Å². The van der Waals surface area contributed by atoms with Gasteiger partial charge in [-0.1, -0.05) is 24.3 Å². The second-order valence-corrected chi connectivity index (χ2v) is 5.76. The number of para-hydroxylation sites is 2. The van der Waals surface area contributed by atoms with E-state index >= 15 is 0 Å². The van der Waals surface area contributed by atoms with Crippen molar-refractivity contribution >= 4 is 30.1 Å². The van der Waals surface area contributed by atoms with E-state index in [2.05, 4.69) is 9.97 Å². The minimum Gasteiger partial charge on any atom is -0.416 e. The molecule has 0 unspecified atom stereocenters. The molecule has 2 aromatic carbocycles. The number of fused-ring (bicyclic) bond motifs is 2. The number of rotatable bonds is 4. The Labute approximate surface area is 126 Å². The molecule has 22 heavy (non-hydrogen) atoms. The van der Waals surface area contributed by atoms with Gasteiger partial charge in [-0.3, -0.25) is 0 Å². The van der Waals surface area contributed by atoms with Crippen molar-refractivity contribution in [3.8, 4) is 11.5 Å². The van der Waals surface area contributed by atoms with Crippen LogP contribution in [0.4, 0.5) is 0 Å². The van der Waals surface area contributed by atoms with Crippen LogP contribution in [0.25, 0.3) is 21.8 Å². The van der Waals surface area contributed by atoms with Gasteiger partial charge in [-0.25, -0.2) is 4.57 Å². The Morgan fingerprint density at radius 3 is 1.68 bits per heavy atom. The second-order valence-electron chi connectivity index (χ2n) is 4.85. The second kappa shape index (κ2) is 5.28. The average molecular weight is 312 g/mol. The summed E-state index contributed by atoms with van der Waals surface area (Å²) in [7, 11) is -2.71. The maximum Gasteiger partial charge on any atom is 0.419 e. The summed E-state index contributed by atoms with van der Waals surface area (Å²) in [6, 6.07) is 15.3. The van der Waals surface area contributed by atoms with E-state index in [4.69, 9.17) is 9.05 Å². The van der Waals surface area contributed by atoms with E-state index in [0.29, 0.717) is 11.5 Å². The molecular weight excluding hydrogens is 299 g/mol. The molecule has 0 atom stereocenters. The topological polar surface area (TPSA) is 67.1 Å². The first-order chi connectivity index (χ1) is 10.8. The van der Waals surface area contributed by atoms with Gasteiger partial charge >= 0.3 is 8.25 Å². The summed E-state index contributed by atoms with van der Waals surface area (Å²) in [5, 5.41) is 1.76. The van der Waals surface area contributed by atoms with Crippen molar-refractivity contribution in [3.05, 3.63) is 60.9 Å². The van der Waals surface area contributed by atoms with Gasteiger partial charge in [-0.2, -0.15) is 0 Å². The molecule has 0 bridgehead atoms. The lowest BCUT2D eigenvalue weighted by atomic mass is 10.2. The van der Waals surface area contributed by atoms with E-state index in [9.17, 15) is 4.57 Å². The smallest absolute Gasteiger partial charge is 0.416 e. The molecule has 0 aliphatic heterocycles. The standard InChI is InChI=1S/C16H13N2O3P/c19-22(20-15-9-17-13-7-3-1-5-11(13)15)21-16-10-18-14-8-4-2-6-12(14)16/h1-10,17-18,22H. The summed E-state index contributed by atoms with van der Waals surface area (Å²) in [5.41, 5.74) is 1.86. The highest BCUT2D eigenvalue weighted by Gasteiger charge is 2.11. The molecule has 0 radical (unpaired) electrons. The fourth-order valence-corrected chi connectivity index (χ4v) is 3.20. The number of hydrogen-bond acceptors (Lipinski definition) is 3. The molecule has 4 aromatic rings. The zero-order valence-electron chi connectivity index (χ0n) is 11.5. The Bertz CT molecular complexity index is 896. The predicted molar refractivity (Wildman–Crippen MR) is 86.9 cm³/mol. The van der Waals surface area contributed by atoms with Crippen LogP contribution in [0.15, 0.2) is 60.9 Å². The molecule has 5 nitrogen and oxygen atoms in total. The summed E-state index contributed by atoms with van der Waals surface area (Å²) in [6.07, 6.45) is 3.37. The van der Waals surface area contributed by atoms with Gasteiger partial charge in [0, 0.05) is 34.2 Å². The molecular formula is C16H13N2O3P. The first kappa shape index (κ1) is 13.0. The van der Waals surface area contributed by atoms with Gasteiger partial charge in [0.15, 0.2) is 11.5 Å². The molecule has 4 rings (SSSR count). The molecule has 0 saturated carbocycles. The summed E-state index contributed by atoms with van der Waals surface area (Å²) in [5.74, 6) is 1.05. The fraction of sp³-hybridized carbons (Fsp3) is 0. The van der Waals surface area contributed by atoms with Crippen molar-refractivity contribution in [1.82, 2.24) is 9.97 Å². The van der Waals surface area contributed by atoms with Crippen molar-refractivity contribution < 1.29 is 13.6 Å². The first-order valence-corrected chi connectivity index (χ1v) is 8.05. The molecule has 2 heterocycles. The van der Waals surface area contributed by atoms with Crippen molar-refractivity contribution in [3.63, 3.8) is 0 Å². The van der Waals surface area contributed by atoms with Gasteiger partial charge in [0.1, 0.15) is 0 Å². The normalized spacial score (nSPS) is 11.3. The Morgan fingerprint density at radius 1 is 0.727 bits per heavy atom. The molecule has 110 valence electrons. The van der Waals surface area contributed by atoms with Gasteiger partial charge in [0.25, 0.3) is 0 Å². The highest BCUT2D eigenvalue weighted by Crippen LogP contribution is 2.37. The van der Waals surface area contributed by atoms with Crippen molar-refractivity contribution in [2.24, 2.45) is 0 Å². The van der Waals surface area contributed by atoms with Gasteiger partial charge in [0.2, 0.25) is 0 Å². The van der Waals surface area contributed by atoms with Crippen LogP contribution in [0, 0.1) is 0 Å². The van der Waals surface area contributed by atoms with Crippen molar-refractivity contribution in [1.29, 1.82) is 0 Å². The van der Waals surface area contributed by atoms with Crippen LogP contribution in [0.3, 0.4) is 0 Å². The summed E-state index contributed by atoms with van der Waals surface area (Å²) >= 11 is 0. The molecule has 2 N–H and O–H groups in total. The van der Waals surface area contributed by atoms with Gasteiger partial charge < -0.3 is 19.0 Å². The molecule has 2 aromatic heterocycles. The lowest BCUT2D eigenvalue weighted by molar-refractivity contribution is 0.419. The molecule has 0 spiro atoms. The molecule has 0 aliphatic rings. The van der Waals surface area contributed by atoms with Crippen LogP contribution in [0.1, 0.15) is 0 Å². The zero-order chi connectivity index (χ0) is 14.9. The zero-order valence-corrected chi connectivity index (χ0v) is 12.5. The summed E-state index contributed by atoms with van der Waals surface area (Å²) in [4.78, 5) is 6.15. The van der Waals surface area contributed by atoms with Crippen LogP contribution >= 0.6 is 8.25 Å². The van der Waals surface area contributed by atoms with Gasteiger partial charge in [-0.15, -0.1) is 0 Å². The van der Waals surface area contributed by atoms with E-state index in [1.165, 1.54) is 0 Å². The van der Waals surface area contributed by atoms with Crippen molar-refractivity contribution in [2.45, 2.75) is 0 Å². The highest BCUT2D eigenvalue weighted by molar-refractivity contribution is 7.34. The molecule has 6 heteroatoms. The summed E-state index contributed by atoms with van der Waals surface area (Å²) < 4.78 is 23.1. The van der Waals surface area contributed by atoms with Crippen molar-refractivity contribution in [2.75, 3.05) is 0 Å². The Balaban J connectivity index is 1.58. The van der Waals surface area contributed by atoms with Crippen LogP contribution < -0.4 is 9.05 Å². The summed E-state index contributed by atoms with van der Waals surface area (Å²) in [6.45, 7) is 0. The maximum atomic E-state index is 12.2.